The highest BCUT2D eigenvalue weighted by molar-refractivity contribution is 5.89. The van der Waals surface area contributed by atoms with Crippen molar-refractivity contribution in [2.75, 3.05) is 0 Å². The maximum Gasteiger partial charge on any atom is 0.390 e. The van der Waals surface area contributed by atoms with Crippen molar-refractivity contribution in [3.05, 3.63) is 77.2 Å². The number of nitrogens with zero attached hydrogens (tertiary/aromatic N) is 1. The first-order chi connectivity index (χ1) is 13.6. The van der Waals surface area contributed by atoms with Crippen molar-refractivity contribution in [3.63, 3.8) is 0 Å². The molecule has 0 N–H and O–H groups in total. The summed E-state index contributed by atoms with van der Waals surface area (Å²) in [5.41, 5.74) is 0.404. The van der Waals surface area contributed by atoms with Crippen molar-refractivity contribution < 1.29 is 22.4 Å². The fourth-order valence-electron chi connectivity index (χ4n) is 3.67. The molecular weight excluding hydrogens is 382 g/mol. The first-order valence-corrected chi connectivity index (χ1v) is 9.26. The zero-order chi connectivity index (χ0) is 21.2. The number of para-hydroxylation sites is 1. The van der Waals surface area contributed by atoms with Gasteiger partial charge in [0.05, 0.1) is 6.42 Å². The molecule has 0 spiro atoms. The molecule has 0 amide bonds. The van der Waals surface area contributed by atoms with E-state index < -0.39 is 29.6 Å². The largest absolute Gasteiger partial charge is 0.390 e. The van der Waals surface area contributed by atoms with Gasteiger partial charge in [0, 0.05) is 23.4 Å². The lowest BCUT2D eigenvalue weighted by atomic mass is 9.74. The molecule has 3 rings (SSSR count). The molecule has 0 saturated carbocycles. The summed E-state index contributed by atoms with van der Waals surface area (Å²) < 4.78 is 53.8. The van der Waals surface area contributed by atoms with E-state index in [1.165, 1.54) is 19.2 Å². The molecule has 0 radical (unpaired) electrons. The van der Waals surface area contributed by atoms with Gasteiger partial charge in [0.1, 0.15) is 17.1 Å². The Morgan fingerprint density at radius 2 is 1.72 bits per heavy atom. The average Bonchev–Trinajstić information content (AvgIpc) is 2.63. The number of rotatable bonds is 6. The first-order valence-electron chi connectivity index (χ1n) is 9.26. The Hall–Kier alpha value is -2.76. The van der Waals surface area contributed by atoms with E-state index in [1.807, 2.05) is 0 Å². The maximum absolute atomic E-state index is 13.9. The van der Waals surface area contributed by atoms with Crippen LogP contribution < -0.4 is 0 Å². The number of Topliss-reactive ketones (excluding diaryl/α,β-unsaturated/α-hetero) is 1. The van der Waals surface area contributed by atoms with Gasteiger partial charge in [-0.1, -0.05) is 49.4 Å². The number of halogens is 4. The lowest BCUT2D eigenvalue weighted by Crippen LogP contribution is -2.36. The molecule has 1 aromatic heterocycles. The van der Waals surface area contributed by atoms with Gasteiger partial charge in [-0.3, -0.25) is 9.78 Å². The summed E-state index contributed by atoms with van der Waals surface area (Å²) in [6, 6.07) is 13.2. The van der Waals surface area contributed by atoms with Gasteiger partial charge in [-0.25, -0.2) is 4.39 Å². The third-order valence-electron chi connectivity index (χ3n) is 5.27. The highest BCUT2D eigenvalue weighted by Gasteiger charge is 2.44. The van der Waals surface area contributed by atoms with E-state index in [0.29, 0.717) is 22.1 Å². The normalized spacial score (nSPS) is 14.0. The Bertz CT molecular complexity index is 1030. The number of ketones is 1. The summed E-state index contributed by atoms with van der Waals surface area (Å²) in [6.45, 7) is 3.09. The van der Waals surface area contributed by atoms with E-state index in [4.69, 9.17) is 0 Å². The van der Waals surface area contributed by atoms with Crippen LogP contribution in [0.4, 0.5) is 17.6 Å². The number of alkyl halides is 3. The van der Waals surface area contributed by atoms with E-state index in [0.717, 1.165) is 0 Å². The van der Waals surface area contributed by atoms with Crippen molar-refractivity contribution in [1.82, 2.24) is 4.98 Å². The lowest BCUT2D eigenvalue weighted by Gasteiger charge is -2.29. The minimum atomic E-state index is -4.47. The molecule has 6 heteroatoms. The van der Waals surface area contributed by atoms with Crippen molar-refractivity contribution in [3.8, 4) is 0 Å². The van der Waals surface area contributed by atoms with Crippen LogP contribution in [-0.4, -0.2) is 16.9 Å². The highest BCUT2D eigenvalue weighted by Crippen LogP contribution is 2.38. The number of carbonyl (C=O) groups is 1. The van der Waals surface area contributed by atoms with Gasteiger partial charge >= 0.3 is 6.18 Å². The molecule has 0 unspecified atom stereocenters. The molecule has 1 atom stereocenters. The monoisotopic (exact) mass is 403 g/mol. The molecule has 0 saturated heterocycles. The molecule has 0 aliphatic heterocycles. The minimum absolute atomic E-state index is 0.0130. The quantitative estimate of drug-likeness (QED) is 0.473. The smallest absolute Gasteiger partial charge is 0.299 e. The molecule has 152 valence electrons. The molecule has 0 aliphatic rings. The fraction of sp³-hybridized carbons (Fsp3) is 0.304. The number of aryl methyl sites for hydroxylation is 1. The predicted octanol–water partition coefficient (Wildman–Crippen LogP) is 6.00. The molecule has 0 aliphatic carbocycles. The van der Waals surface area contributed by atoms with Crippen molar-refractivity contribution in [2.24, 2.45) is 5.41 Å². The average molecular weight is 403 g/mol. The third kappa shape index (κ3) is 4.81. The SMILES string of the molecule is Cc1c(CC(=O)[C@@](C)(Cc2ccccc2)CC(F)(F)F)cnc2c(F)cccc12. The Morgan fingerprint density at radius 1 is 1.03 bits per heavy atom. The number of pyridine rings is 1. The van der Waals surface area contributed by atoms with Crippen LogP contribution in [0.1, 0.15) is 30.0 Å². The van der Waals surface area contributed by atoms with Crippen LogP contribution in [0, 0.1) is 18.2 Å². The fourth-order valence-corrected chi connectivity index (χ4v) is 3.67. The van der Waals surface area contributed by atoms with E-state index in [9.17, 15) is 22.4 Å². The van der Waals surface area contributed by atoms with Crippen molar-refractivity contribution in [1.29, 1.82) is 0 Å². The van der Waals surface area contributed by atoms with Gasteiger partial charge in [-0.15, -0.1) is 0 Å². The van der Waals surface area contributed by atoms with E-state index in [2.05, 4.69) is 4.98 Å². The first kappa shape index (κ1) is 21.0. The summed E-state index contributed by atoms with van der Waals surface area (Å²) >= 11 is 0. The highest BCUT2D eigenvalue weighted by atomic mass is 19.4. The third-order valence-corrected chi connectivity index (χ3v) is 5.27. The molecule has 29 heavy (non-hydrogen) atoms. The number of benzene rings is 2. The molecule has 0 bridgehead atoms. The van der Waals surface area contributed by atoms with Crippen LogP contribution in [-0.2, 0) is 17.6 Å². The number of hydrogen-bond acceptors (Lipinski definition) is 2. The van der Waals surface area contributed by atoms with E-state index in [1.54, 1.807) is 49.4 Å². The summed E-state index contributed by atoms with van der Waals surface area (Å²) in [6.07, 6.45) is -4.50. The Kier molecular flexibility index (Phi) is 5.73. The summed E-state index contributed by atoms with van der Waals surface area (Å²) in [4.78, 5) is 17.2. The molecule has 1 heterocycles. The Balaban J connectivity index is 1.94. The minimum Gasteiger partial charge on any atom is -0.299 e. The zero-order valence-electron chi connectivity index (χ0n) is 16.2. The number of carbonyl (C=O) groups excluding carboxylic acids is 1. The molecule has 0 fully saturated rings. The topological polar surface area (TPSA) is 30.0 Å². The van der Waals surface area contributed by atoms with Gasteiger partial charge in [-0.05, 0) is 36.1 Å². The van der Waals surface area contributed by atoms with Gasteiger partial charge in [0.15, 0.2) is 0 Å². The van der Waals surface area contributed by atoms with Crippen LogP contribution in [0.25, 0.3) is 10.9 Å². The number of fused-ring (bicyclic) bond motifs is 1. The van der Waals surface area contributed by atoms with Crippen LogP contribution >= 0.6 is 0 Å². The van der Waals surface area contributed by atoms with Gasteiger partial charge in [-0.2, -0.15) is 13.2 Å². The standard InChI is InChI=1S/C23H21F4NO/c1-15-17(13-28-21-18(15)9-6-10-19(21)24)11-20(29)22(2,14-23(25,26)27)12-16-7-4-3-5-8-16/h3-10,13H,11-12,14H2,1-2H3/t22-/m0/s1. The second-order valence-electron chi connectivity index (χ2n) is 7.66. The molecular formula is C23H21F4NO. The molecule has 2 aromatic carbocycles. The number of hydrogen-bond donors (Lipinski definition) is 0. The predicted molar refractivity (Wildman–Crippen MR) is 104 cm³/mol. The summed E-state index contributed by atoms with van der Waals surface area (Å²) in [5.74, 6) is -0.992. The van der Waals surface area contributed by atoms with Crippen LogP contribution in [0.15, 0.2) is 54.7 Å². The maximum atomic E-state index is 13.9. The Morgan fingerprint density at radius 3 is 2.38 bits per heavy atom. The second-order valence-corrected chi connectivity index (χ2v) is 7.66. The van der Waals surface area contributed by atoms with Crippen LogP contribution in [0.3, 0.4) is 0 Å². The Labute approximate surface area is 166 Å². The van der Waals surface area contributed by atoms with Gasteiger partial charge < -0.3 is 0 Å². The lowest BCUT2D eigenvalue weighted by molar-refractivity contribution is -0.165. The van der Waals surface area contributed by atoms with Gasteiger partial charge in [0.25, 0.3) is 0 Å². The molecule has 3 aromatic rings. The van der Waals surface area contributed by atoms with Gasteiger partial charge in [0.2, 0.25) is 0 Å². The van der Waals surface area contributed by atoms with Crippen molar-refractivity contribution in [2.45, 2.75) is 39.3 Å². The number of aromatic nitrogens is 1. The van der Waals surface area contributed by atoms with E-state index in [-0.39, 0.29) is 18.4 Å². The van der Waals surface area contributed by atoms with E-state index >= 15 is 0 Å². The van der Waals surface area contributed by atoms with Crippen LogP contribution in [0.2, 0.25) is 0 Å². The molecule has 2 nitrogen and oxygen atoms in total. The van der Waals surface area contributed by atoms with Crippen LogP contribution in [0.5, 0.6) is 0 Å². The van der Waals surface area contributed by atoms with Crippen molar-refractivity contribution >= 4 is 16.7 Å². The second kappa shape index (κ2) is 7.93. The summed E-state index contributed by atoms with van der Waals surface area (Å²) in [5, 5.41) is 0.552. The summed E-state index contributed by atoms with van der Waals surface area (Å²) in [7, 11) is 0. The zero-order valence-corrected chi connectivity index (χ0v) is 16.2.